The van der Waals surface area contributed by atoms with Crippen LogP contribution in [0.2, 0.25) is 0 Å². The van der Waals surface area contributed by atoms with Gasteiger partial charge < -0.3 is 15.4 Å². The fourth-order valence-corrected chi connectivity index (χ4v) is 1.81. The summed E-state index contributed by atoms with van der Waals surface area (Å²) in [4.78, 5) is 4.01. The lowest BCUT2D eigenvalue weighted by atomic mass is 10.1. The van der Waals surface area contributed by atoms with Crippen molar-refractivity contribution >= 4 is 29.9 Å². The molecule has 1 aromatic carbocycles. The minimum atomic E-state index is -4.43. The summed E-state index contributed by atoms with van der Waals surface area (Å²) in [6, 6.07) is 4.11. The fraction of sp³-hybridized carbons (Fsp3) is 0.533. The Bertz CT molecular complexity index is 521. The van der Waals surface area contributed by atoms with Gasteiger partial charge in [0.2, 0.25) is 0 Å². The second kappa shape index (κ2) is 9.84. The first kappa shape index (κ1) is 21.8. The zero-order chi connectivity index (χ0) is 16.8. The highest BCUT2D eigenvalue weighted by molar-refractivity contribution is 14.0. The van der Waals surface area contributed by atoms with Gasteiger partial charge >= 0.3 is 6.18 Å². The van der Waals surface area contributed by atoms with Gasteiger partial charge in [0, 0.05) is 19.6 Å². The van der Waals surface area contributed by atoms with Gasteiger partial charge in [0.1, 0.15) is 5.75 Å². The van der Waals surface area contributed by atoms with E-state index < -0.39 is 11.7 Å². The number of hydrogen-bond donors (Lipinski definition) is 2. The molecule has 1 aromatic rings. The SMILES string of the molecule is CCC(C)NC(=NC)NCc1ccc(OC)cc1C(F)(F)F.I. The highest BCUT2D eigenvalue weighted by Crippen LogP contribution is 2.34. The Balaban J connectivity index is 0.00000484. The zero-order valence-electron chi connectivity index (χ0n) is 13.6. The van der Waals surface area contributed by atoms with E-state index in [-0.39, 0.29) is 47.9 Å². The first-order valence-corrected chi connectivity index (χ1v) is 7.03. The van der Waals surface area contributed by atoms with Gasteiger partial charge in [0.15, 0.2) is 5.96 Å². The number of benzene rings is 1. The molecule has 0 bridgehead atoms. The van der Waals surface area contributed by atoms with E-state index in [0.717, 1.165) is 12.5 Å². The van der Waals surface area contributed by atoms with E-state index in [1.807, 2.05) is 13.8 Å². The van der Waals surface area contributed by atoms with Crippen molar-refractivity contribution in [2.45, 2.75) is 39.0 Å². The number of halogens is 4. The lowest BCUT2D eigenvalue weighted by Crippen LogP contribution is -2.41. The first-order chi connectivity index (χ1) is 10.3. The second-order valence-corrected chi connectivity index (χ2v) is 4.90. The Labute approximate surface area is 151 Å². The zero-order valence-corrected chi connectivity index (χ0v) is 16.0. The van der Waals surface area contributed by atoms with E-state index in [0.29, 0.717) is 5.96 Å². The molecule has 1 atom stereocenters. The molecule has 4 nitrogen and oxygen atoms in total. The number of aliphatic imine (C=N–C) groups is 1. The second-order valence-electron chi connectivity index (χ2n) is 4.90. The number of guanidine groups is 1. The van der Waals surface area contributed by atoms with Crippen LogP contribution in [0.15, 0.2) is 23.2 Å². The molecule has 0 aromatic heterocycles. The largest absolute Gasteiger partial charge is 0.497 e. The van der Waals surface area contributed by atoms with Crippen LogP contribution in [0.3, 0.4) is 0 Å². The average molecular weight is 445 g/mol. The maximum atomic E-state index is 13.1. The van der Waals surface area contributed by atoms with Gasteiger partial charge in [0.25, 0.3) is 0 Å². The number of methoxy groups -OCH3 is 1. The number of alkyl halides is 3. The Morgan fingerprint density at radius 2 is 2.00 bits per heavy atom. The summed E-state index contributed by atoms with van der Waals surface area (Å²) < 4.78 is 44.2. The third-order valence-corrected chi connectivity index (χ3v) is 3.29. The van der Waals surface area contributed by atoms with Crippen molar-refractivity contribution in [1.29, 1.82) is 0 Å². The Morgan fingerprint density at radius 1 is 1.35 bits per heavy atom. The van der Waals surface area contributed by atoms with Crippen molar-refractivity contribution in [3.05, 3.63) is 29.3 Å². The summed E-state index contributed by atoms with van der Waals surface area (Å²) in [5, 5.41) is 6.00. The van der Waals surface area contributed by atoms with Crippen LogP contribution < -0.4 is 15.4 Å². The van der Waals surface area contributed by atoms with E-state index in [9.17, 15) is 13.2 Å². The van der Waals surface area contributed by atoms with Gasteiger partial charge in [-0.15, -0.1) is 24.0 Å². The number of ether oxygens (including phenoxy) is 1. The molecule has 0 saturated carbocycles. The molecule has 0 aliphatic carbocycles. The fourth-order valence-electron chi connectivity index (χ4n) is 1.81. The van der Waals surface area contributed by atoms with Crippen LogP contribution in [0.5, 0.6) is 5.75 Å². The molecule has 23 heavy (non-hydrogen) atoms. The number of nitrogens with one attached hydrogen (secondary N) is 2. The molecule has 0 radical (unpaired) electrons. The van der Waals surface area contributed by atoms with Crippen LogP contribution in [0.1, 0.15) is 31.4 Å². The standard InChI is InChI=1S/C15H22F3N3O.HI/c1-5-10(2)21-14(19-3)20-9-11-6-7-12(22-4)8-13(11)15(16,17)18;/h6-8,10H,5,9H2,1-4H3,(H2,19,20,21);1H. The van der Waals surface area contributed by atoms with Gasteiger partial charge in [0.05, 0.1) is 12.7 Å². The van der Waals surface area contributed by atoms with Crippen molar-refractivity contribution in [3.8, 4) is 5.75 Å². The minimum Gasteiger partial charge on any atom is -0.497 e. The van der Waals surface area contributed by atoms with Crippen LogP contribution >= 0.6 is 24.0 Å². The topological polar surface area (TPSA) is 45.7 Å². The predicted molar refractivity (Wildman–Crippen MR) is 96.5 cm³/mol. The van der Waals surface area contributed by atoms with Crippen LogP contribution in [0, 0.1) is 0 Å². The third-order valence-electron chi connectivity index (χ3n) is 3.29. The van der Waals surface area contributed by atoms with Crippen LogP contribution in [-0.2, 0) is 12.7 Å². The average Bonchev–Trinajstić information content (AvgIpc) is 2.49. The van der Waals surface area contributed by atoms with Crippen LogP contribution in [0.25, 0.3) is 0 Å². The Hall–Kier alpha value is -1.19. The van der Waals surface area contributed by atoms with Crippen molar-refractivity contribution < 1.29 is 17.9 Å². The van der Waals surface area contributed by atoms with Crippen molar-refractivity contribution in [1.82, 2.24) is 10.6 Å². The Morgan fingerprint density at radius 3 is 2.48 bits per heavy atom. The van der Waals surface area contributed by atoms with E-state index in [4.69, 9.17) is 4.74 Å². The lowest BCUT2D eigenvalue weighted by Gasteiger charge is -2.18. The van der Waals surface area contributed by atoms with Crippen LogP contribution in [0.4, 0.5) is 13.2 Å². The molecule has 1 rings (SSSR count). The van der Waals surface area contributed by atoms with E-state index in [2.05, 4.69) is 15.6 Å². The normalized spacial score (nSPS) is 13.1. The van der Waals surface area contributed by atoms with Gasteiger partial charge in [-0.05, 0) is 31.0 Å². The van der Waals surface area contributed by atoms with Crippen molar-refractivity contribution in [2.75, 3.05) is 14.2 Å². The smallest absolute Gasteiger partial charge is 0.416 e. The molecule has 1 unspecified atom stereocenters. The number of hydrogen-bond acceptors (Lipinski definition) is 2. The molecule has 0 amide bonds. The first-order valence-electron chi connectivity index (χ1n) is 7.03. The van der Waals surface area contributed by atoms with Gasteiger partial charge in [-0.25, -0.2) is 0 Å². The van der Waals surface area contributed by atoms with Gasteiger partial charge in [-0.2, -0.15) is 13.2 Å². The van der Waals surface area contributed by atoms with Crippen LogP contribution in [-0.4, -0.2) is 26.2 Å². The summed E-state index contributed by atoms with van der Waals surface area (Å²) >= 11 is 0. The molecule has 132 valence electrons. The lowest BCUT2D eigenvalue weighted by molar-refractivity contribution is -0.138. The Kier molecular flexibility index (Phi) is 9.33. The summed E-state index contributed by atoms with van der Waals surface area (Å²) in [5.74, 6) is 0.650. The van der Waals surface area contributed by atoms with Crippen molar-refractivity contribution in [3.63, 3.8) is 0 Å². The highest BCUT2D eigenvalue weighted by Gasteiger charge is 2.33. The summed E-state index contributed by atoms with van der Waals surface area (Å²) in [5.41, 5.74) is -0.571. The third kappa shape index (κ3) is 6.84. The summed E-state index contributed by atoms with van der Waals surface area (Å²) in [6.07, 6.45) is -3.55. The predicted octanol–water partition coefficient (Wildman–Crippen LogP) is 3.80. The number of nitrogens with zero attached hydrogens (tertiary/aromatic N) is 1. The maximum Gasteiger partial charge on any atom is 0.416 e. The number of rotatable bonds is 5. The highest BCUT2D eigenvalue weighted by atomic mass is 127. The molecule has 0 aliphatic heterocycles. The molecule has 0 heterocycles. The van der Waals surface area contributed by atoms with E-state index >= 15 is 0 Å². The van der Waals surface area contributed by atoms with Gasteiger partial charge in [-0.3, -0.25) is 4.99 Å². The van der Waals surface area contributed by atoms with E-state index in [1.54, 1.807) is 7.05 Å². The molecule has 0 spiro atoms. The summed E-state index contributed by atoms with van der Waals surface area (Å²) in [7, 11) is 2.92. The van der Waals surface area contributed by atoms with Gasteiger partial charge in [-0.1, -0.05) is 13.0 Å². The quantitative estimate of drug-likeness (QED) is 0.412. The summed E-state index contributed by atoms with van der Waals surface area (Å²) in [6.45, 7) is 4.01. The van der Waals surface area contributed by atoms with E-state index in [1.165, 1.54) is 19.2 Å². The molecule has 8 heteroatoms. The monoisotopic (exact) mass is 445 g/mol. The molecule has 0 fully saturated rings. The molecular formula is C15H23F3IN3O. The molecule has 2 N–H and O–H groups in total. The molecular weight excluding hydrogens is 422 g/mol. The minimum absolute atomic E-state index is 0. The molecule has 0 aliphatic rings. The molecule has 0 saturated heterocycles. The van der Waals surface area contributed by atoms with Crippen molar-refractivity contribution in [2.24, 2.45) is 4.99 Å². The maximum absolute atomic E-state index is 13.1.